The van der Waals surface area contributed by atoms with Gasteiger partial charge in [0.2, 0.25) is 0 Å². The lowest BCUT2D eigenvalue weighted by atomic mass is 9.90. The van der Waals surface area contributed by atoms with E-state index in [1.807, 2.05) is 12.1 Å². The van der Waals surface area contributed by atoms with Gasteiger partial charge >= 0.3 is 0 Å². The summed E-state index contributed by atoms with van der Waals surface area (Å²) in [6.07, 6.45) is 0. The predicted octanol–water partition coefficient (Wildman–Crippen LogP) is 15.2. The first-order valence-electron chi connectivity index (χ1n) is 19.4. The third-order valence-electron chi connectivity index (χ3n) is 11.2. The van der Waals surface area contributed by atoms with Gasteiger partial charge in [-0.05, 0) is 118 Å². The second kappa shape index (κ2) is 13.6. The lowest BCUT2D eigenvalue weighted by Gasteiger charge is -2.26. The molecule has 3 nitrogen and oxygen atoms in total. The molecule has 11 rings (SSSR count). The van der Waals surface area contributed by atoms with Crippen LogP contribution in [-0.2, 0) is 0 Å². The monoisotopic (exact) mass is 728 g/mol. The van der Waals surface area contributed by atoms with Crippen LogP contribution in [0.2, 0.25) is 0 Å². The maximum Gasteiger partial charge on any atom is 0.135 e. The molecule has 0 atom stereocenters. The van der Waals surface area contributed by atoms with Crippen LogP contribution in [0, 0.1) is 0 Å². The van der Waals surface area contributed by atoms with Crippen molar-refractivity contribution in [3.8, 4) is 39.1 Å². The molecule has 0 saturated carbocycles. The maximum atomic E-state index is 6.28. The third-order valence-corrected chi connectivity index (χ3v) is 11.2. The number of furan rings is 1. The van der Waals surface area contributed by atoms with Crippen molar-refractivity contribution in [2.45, 2.75) is 0 Å². The smallest absolute Gasteiger partial charge is 0.135 e. The summed E-state index contributed by atoms with van der Waals surface area (Å²) in [7, 11) is 0. The van der Waals surface area contributed by atoms with Crippen LogP contribution in [0.25, 0.3) is 82.8 Å². The molecule has 57 heavy (non-hydrogen) atoms. The fraction of sp³-hybridized carbons (Fsp3) is 0. The first-order chi connectivity index (χ1) is 28.3. The minimum Gasteiger partial charge on any atom is -0.456 e. The molecule has 0 bridgehead atoms. The molecule has 0 radical (unpaired) electrons. The largest absolute Gasteiger partial charge is 0.456 e. The number of benzene rings is 9. The van der Waals surface area contributed by atoms with Crippen molar-refractivity contribution >= 4 is 60.8 Å². The van der Waals surface area contributed by atoms with E-state index in [1.54, 1.807) is 0 Å². The Bertz CT molecular complexity index is 3190. The number of hydrogen-bond acceptors (Lipinski definition) is 2. The van der Waals surface area contributed by atoms with Gasteiger partial charge in [-0.3, -0.25) is 0 Å². The minimum absolute atomic E-state index is 0.889. The standard InChI is InChI=1S/C54H36N2O/c1-4-16-41(17-5-1)55(42-18-6-2-7-19-42)44-22-14-15-39(33-44)45-30-27-37(34-49(45)40-29-32-54-50(35-40)48-24-11-13-26-53(48)57-54)38-28-31-47-46-23-10-12-25-51(46)56(52(47)36-38)43-20-8-3-9-21-43/h1-36H. The molecular weight excluding hydrogens is 693 g/mol. The first-order valence-corrected chi connectivity index (χ1v) is 19.4. The van der Waals surface area contributed by atoms with E-state index >= 15 is 0 Å². The van der Waals surface area contributed by atoms with Crippen molar-refractivity contribution in [2.75, 3.05) is 4.90 Å². The quantitative estimate of drug-likeness (QED) is 0.163. The number of fused-ring (bicyclic) bond motifs is 6. The van der Waals surface area contributed by atoms with Crippen molar-refractivity contribution in [3.63, 3.8) is 0 Å². The van der Waals surface area contributed by atoms with E-state index in [2.05, 4.69) is 216 Å². The van der Waals surface area contributed by atoms with E-state index in [1.165, 1.54) is 27.4 Å². The Kier molecular flexibility index (Phi) is 7.82. The molecule has 0 N–H and O–H groups in total. The molecule has 0 aliphatic carbocycles. The summed E-state index contributed by atoms with van der Waals surface area (Å²) in [5, 5.41) is 4.72. The zero-order valence-corrected chi connectivity index (χ0v) is 31.1. The van der Waals surface area contributed by atoms with Crippen LogP contribution in [0.5, 0.6) is 0 Å². The van der Waals surface area contributed by atoms with Gasteiger partial charge in [-0.2, -0.15) is 0 Å². The van der Waals surface area contributed by atoms with Gasteiger partial charge in [0.25, 0.3) is 0 Å². The number of anilines is 3. The zero-order chi connectivity index (χ0) is 37.7. The van der Waals surface area contributed by atoms with Gasteiger partial charge in [0.15, 0.2) is 0 Å². The second-order valence-electron chi connectivity index (χ2n) is 14.5. The lowest BCUT2D eigenvalue weighted by Crippen LogP contribution is -2.09. The molecular formula is C54H36N2O. The molecule has 0 unspecified atom stereocenters. The lowest BCUT2D eigenvalue weighted by molar-refractivity contribution is 0.669. The van der Waals surface area contributed by atoms with Crippen molar-refractivity contribution in [1.82, 2.24) is 4.57 Å². The Morgan fingerprint density at radius 3 is 1.68 bits per heavy atom. The number of para-hydroxylation sites is 5. The number of hydrogen-bond donors (Lipinski definition) is 0. The highest BCUT2D eigenvalue weighted by molar-refractivity contribution is 6.11. The highest BCUT2D eigenvalue weighted by Gasteiger charge is 2.18. The molecule has 0 aliphatic rings. The zero-order valence-electron chi connectivity index (χ0n) is 31.1. The molecule has 0 amide bonds. The van der Waals surface area contributed by atoms with E-state index in [0.717, 1.165) is 72.5 Å². The maximum absolute atomic E-state index is 6.28. The summed E-state index contributed by atoms with van der Waals surface area (Å²) in [5.41, 5.74) is 15.6. The van der Waals surface area contributed by atoms with Gasteiger partial charge in [-0.25, -0.2) is 0 Å². The molecule has 268 valence electrons. The van der Waals surface area contributed by atoms with Crippen LogP contribution in [0.1, 0.15) is 0 Å². The van der Waals surface area contributed by atoms with Crippen LogP contribution in [0.3, 0.4) is 0 Å². The summed E-state index contributed by atoms with van der Waals surface area (Å²) in [4.78, 5) is 2.32. The molecule has 0 aliphatic heterocycles. The highest BCUT2D eigenvalue weighted by atomic mass is 16.3. The average Bonchev–Trinajstić information content (AvgIpc) is 3.82. The van der Waals surface area contributed by atoms with Gasteiger partial charge in [0.1, 0.15) is 11.2 Å². The second-order valence-corrected chi connectivity index (χ2v) is 14.5. The fourth-order valence-electron chi connectivity index (χ4n) is 8.53. The molecule has 11 aromatic rings. The van der Waals surface area contributed by atoms with Crippen LogP contribution >= 0.6 is 0 Å². The van der Waals surface area contributed by atoms with E-state index in [4.69, 9.17) is 4.42 Å². The SMILES string of the molecule is c1ccc(N(c2ccccc2)c2cccc(-c3ccc(-c4ccc5c6ccccc6n(-c6ccccc6)c5c4)cc3-c3ccc4oc5ccccc5c4c3)c2)cc1. The Morgan fingerprint density at radius 1 is 0.316 bits per heavy atom. The summed E-state index contributed by atoms with van der Waals surface area (Å²) in [6.45, 7) is 0. The van der Waals surface area contributed by atoms with Crippen molar-refractivity contribution in [2.24, 2.45) is 0 Å². The van der Waals surface area contributed by atoms with Gasteiger partial charge in [-0.15, -0.1) is 0 Å². The van der Waals surface area contributed by atoms with Crippen molar-refractivity contribution in [3.05, 3.63) is 218 Å². The van der Waals surface area contributed by atoms with Crippen LogP contribution in [0.15, 0.2) is 223 Å². The summed E-state index contributed by atoms with van der Waals surface area (Å²) in [5.74, 6) is 0. The van der Waals surface area contributed by atoms with E-state index in [-0.39, 0.29) is 0 Å². The molecule has 0 saturated heterocycles. The van der Waals surface area contributed by atoms with Crippen molar-refractivity contribution in [1.29, 1.82) is 0 Å². The Balaban J connectivity index is 1.11. The minimum atomic E-state index is 0.889. The van der Waals surface area contributed by atoms with Gasteiger partial charge in [0.05, 0.1) is 11.0 Å². The van der Waals surface area contributed by atoms with Gasteiger partial charge < -0.3 is 13.9 Å². The average molecular weight is 729 g/mol. The van der Waals surface area contributed by atoms with E-state index in [0.29, 0.717) is 0 Å². The summed E-state index contributed by atoms with van der Waals surface area (Å²) < 4.78 is 8.67. The van der Waals surface area contributed by atoms with Gasteiger partial charge in [-0.1, -0.05) is 133 Å². The normalized spacial score (nSPS) is 11.5. The van der Waals surface area contributed by atoms with Crippen molar-refractivity contribution < 1.29 is 4.42 Å². The molecule has 2 aromatic heterocycles. The third kappa shape index (κ3) is 5.68. The first kappa shape index (κ1) is 32.8. The highest BCUT2D eigenvalue weighted by Crippen LogP contribution is 2.43. The Morgan fingerprint density at radius 2 is 0.895 bits per heavy atom. The van der Waals surface area contributed by atoms with E-state index in [9.17, 15) is 0 Å². The molecule has 0 fully saturated rings. The van der Waals surface area contributed by atoms with Crippen LogP contribution < -0.4 is 4.90 Å². The van der Waals surface area contributed by atoms with Crippen LogP contribution in [-0.4, -0.2) is 4.57 Å². The summed E-state index contributed by atoms with van der Waals surface area (Å²) >= 11 is 0. The van der Waals surface area contributed by atoms with Crippen LogP contribution in [0.4, 0.5) is 17.1 Å². The number of nitrogens with zero attached hydrogens (tertiary/aromatic N) is 2. The van der Waals surface area contributed by atoms with E-state index < -0.39 is 0 Å². The predicted molar refractivity (Wildman–Crippen MR) is 239 cm³/mol. The molecule has 3 heteroatoms. The summed E-state index contributed by atoms with van der Waals surface area (Å²) in [6, 6.07) is 78.2. The topological polar surface area (TPSA) is 21.3 Å². The molecule has 0 spiro atoms. The number of aromatic nitrogens is 1. The number of rotatable bonds is 7. The Labute approximate surface area is 330 Å². The molecule has 9 aromatic carbocycles. The molecule has 2 heterocycles. The fourth-order valence-corrected chi connectivity index (χ4v) is 8.53. The Hall–Kier alpha value is -7.62. The van der Waals surface area contributed by atoms with Gasteiger partial charge in [0, 0.05) is 44.3 Å².